The van der Waals surface area contributed by atoms with Gasteiger partial charge in [-0.15, -0.1) is 0 Å². The molecule has 2 aromatic heterocycles. The zero-order valence-electron chi connectivity index (χ0n) is 25.8. The SMILES string of the molecule is COc1nc(N)nc2c1nc(I)n2[C@@H]1O[C@H](COP(=O)(N[C@@H](C)C(=O)OCC(C)C)Oc2cccc3ccccc23)[C@@H](O)[C@@]1(C)O. The molecule has 0 radical (unpaired) electrons. The first-order valence-electron chi connectivity index (χ1n) is 14.4. The summed E-state index contributed by atoms with van der Waals surface area (Å²) in [6.07, 6.45) is -3.99. The van der Waals surface area contributed by atoms with Gasteiger partial charge < -0.3 is 34.7 Å². The number of nitrogens with one attached hydrogen (secondary N) is 1. The third-order valence-corrected chi connectivity index (χ3v) is 9.70. The third-order valence-electron chi connectivity index (χ3n) is 7.31. The summed E-state index contributed by atoms with van der Waals surface area (Å²) in [4.78, 5) is 25.5. The summed E-state index contributed by atoms with van der Waals surface area (Å²) in [5.41, 5.74) is 4.45. The van der Waals surface area contributed by atoms with Crippen LogP contribution in [0.5, 0.6) is 11.6 Å². The standard InChI is InChI=1S/C29H36IN6O9P/c1-15(2)13-42-25(38)16(3)35-46(40,45-19-12-8-10-17-9-6-7-11-18(17)19)43-14-20-22(37)29(4,39)26(44-20)36-23-21(32-27(36)30)24(41-5)34-28(31)33-23/h6-12,15-16,20,22,26,37,39H,13-14H2,1-5H3,(H,35,40)(H2,31,33,34)/t16-,20+,22+,26+,29+,46?/m0/s1. The first-order valence-corrected chi connectivity index (χ1v) is 17.0. The Morgan fingerprint density at radius 2 is 1.91 bits per heavy atom. The van der Waals surface area contributed by atoms with Gasteiger partial charge >= 0.3 is 13.7 Å². The van der Waals surface area contributed by atoms with Crippen molar-refractivity contribution >= 4 is 64.2 Å². The molecule has 3 heterocycles. The Bertz CT molecular complexity index is 1780. The molecule has 17 heteroatoms. The highest BCUT2D eigenvalue weighted by molar-refractivity contribution is 14.1. The van der Waals surface area contributed by atoms with Crippen LogP contribution in [-0.2, 0) is 23.4 Å². The second kappa shape index (κ2) is 13.5. The lowest BCUT2D eigenvalue weighted by atomic mass is 9.96. The summed E-state index contributed by atoms with van der Waals surface area (Å²) in [6, 6.07) is 11.5. The van der Waals surface area contributed by atoms with Gasteiger partial charge in [0.15, 0.2) is 21.2 Å². The van der Waals surface area contributed by atoms with Crippen LogP contribution in [-0.4, -0.2) is 79.9 Å². The lowest BCUT2D eigenvalue weighted by molar-refractivity contribution is -0.146. The number of fused-ring (bicyclic) bond motifs is 2. The summed E-state index contributed by atoms with van der Waals surface area (Å²) >= 11 is 1.93. The van der Waals surface area contributed by atoms with Gasteiger partial charge in [0.25, 0.3) is 0 Å². The van der Waals surface area contributed by atoms with Crippen molar-refractivity contribution in [3.8, 4) is 11.6 Å². The van der Waals surface area contributed by atoms with Gasteiger partial charge in [-0.25, -0.2) is 9.55 Å². The Labute approximate surface area is 278 Å². The van der Waals surface area contributed by atoms with E-state index in [9.17, 15) is 19.6 Å². The molecule has 0 saturated carbocycles. The maximum absolute atomic E-state index is 14.3. The summed E-state index contributed by atoms with van der Waals surface area (Å²) in [5.74, 6) is -0.306. The molecule has 6 atom stereocenters. The normalized spacial score (nSPS) is 23.5. The molecule has 1 fully saturated rings. The van der Waals surface area contributed by atoms with Gasteiger partial charge in [-0.2, -0.15) is 15.1 Å². The number of ether oxygens (including phenoxy) is 3. The van der Waals surface area contributed by atoms with Crippen molar-refractivity contribution in [1.29, 1.82) is 0 Å². The maximum Gasteiger partial charge on any atom is 0.459 e. The van der Waals surface area contributed by atoms with E-state index in [1.54, 1.807) is 24.3 Å². The number of esters is 1. The van der Waals surface area contributed by atoms with Crippen molar-refractivity contribution < 1.29 is 42.8 Å². The number of rotatable bonds is 12. The van der Waals surface area contributed by atoms with E-state index in [1.165, 1.54) is 25.5 Å². The second-order valence-electron chi connectivity index (χ2n) is 11.4. The number of carbonyl (C=O) groups is 1. The monoisotopic (exact) mass is 770 g/mol. The molecule has 1 saturated heterocycles. The first kappa shape index (κ1) is 34.2. The van der Waals surface area contributed by atoms with Crippen LogP contribution < -0.4 is 20.1 Å². The number of halogens is 1. The molecule has 0 amide bonds. The van der Waals surface area contributed by atoms with Gasteiger partial charge in [0, 0.05) is 28.0 Å². The molecule has 2 aromatic carbocycles. The minimum absolute atomic E-state index is 0.0903. The minimum atomic E-state index is -4.37. The van der Waals surface area contributed by atoms with E-state index in [4.69, 9.17) is 29.0 Å². The Morgan fingerprint density at radius 3 is 2.63 bits per heavy atom. The summed E-state index contributed by atoms with van der Waals surface area (Å²) in [6.45, 7) is 6.29. The number of aliphatic hydroxyl groups is 2. The summed E-state index contributed by atoms with van der Waals surface area (Å²) in [5, 5.41) is 26.8. The van der Waals surface area contributed by atoms with Gasteiger partial charge in [0.05, 0.1) is 20.3 Å². The zero-order chi connectivity index (χ0) is 33.4. The van der Waals surface area contributed by atoms with E-state index in [0.717, 1.165) is 5.39 Å². The summed E-state index contributed by atoms with van der Waals surface area (Å²) < 4.78 is 44.7. The highest BCUT2D eigenvalue weighted by atomic mass is 127. The topological polar surface area (TPSA) is 202 Å². The molecule has 0 spiro atoms. The number of hydrogen-bond donors (Lipinski definition) is 4. The fourth-order valence-corrected chi connectivity index (χ4v) is 7.22. The van der Waals surface area contributed by atoms with Crippen LogP contribution in [0.2, 0.25) is 0 Å². The number of nitrogens with zero attached hydrogens (tertiary/aromatic N) is 4. The number of carbonyl (C=O) groups excluding carboxylic acids is 1. The van der Waals surface area contributed by atoms with Crippen LogP contribution in [0.15, 0.2) is 42.5 Å². The lowest BCUT2D eigenvalue weighted by Gasteiger charge is -2.28. The number of nitrogens with two attached hydrogens (primary N) is 1. The maximum atomic E-state index is 14.3. The number of benzene rings is 2. The number of hydrogen-bond acceptors (Lipinski definition) is 13. The molecule has 0 aliphatic carbocycles. The Kier molecular flexibility index (Phi) is 10.1. The molecule has 0 bridgehead atoms. The number of nitrogen functional groups attached to an aromatic ring is 1. The van der Waals surface area contributed by atoms with Crippen molar-refractivity contribution in [2.24, 2.45) is 5.92 Å². The van der Waals surface area contributed by atoms with E-state index in [2.05, 4.69) is 20.0 Å². The Morgan fingerprint density at radius 1 is 1.20 bits per heavy atom. The highest BCUT2D eigenvalue weighted by Gasteiger charge is 2.55. The molecule has 46 heavy (non-hydrogen) atoms. The van der Waals surface area contributed by atoms with Gasteiger partial charge in [-0.05, 0) is 31.2 Å². The average Bonchev–Trinajstić information content (AvgIpc) is 3.44. The van der Waals surface area contributed by atoms with E-state index in [0.29, 0.717) is 9.22 Å². The lowest BCUT2D eigenvalue weighted by Crippen LogP contribution is -2.45. The first-order chi connectivity index (χ1) is 21.7. The van der Waals surface area contributed by atoms with Crippen molar-refractivity contribution in [2.45, 2.75) is 57.8 Å². The van der Waals surface area contributed by atoms with Gasteiger partial charge in [-0.3, -0.25) is 13.9 Å². The predicted molar refractivity (Wildman–Crippen MR) is 176 cm³/mol. The number of anilines is 1. The Balaban J connectivity index is 1.43. The number of aliphatic hydroxyl groups excluding tert-OH is 1. The fourth-order valence-electron chi connectivity index (χ4n) is 4.97. The molecular formula is C29H36IN6O9P. The largest absolute Gasteiger partial charge is 0.479 e. The molecule has 1 aliphatic rings. The van der Waals surface area contributed by atoms with Crippen LogP contribution in [0.1, 0.15) is 33.9 Å². The van der Waals surface area contributed by atoms with E-state index >= 15 is 0 Å². The smallest absolute Gasteiger partial charge is 0.459 e. The predicted octanol–water partition coefficient (Wildman–Crippen LogP) is 3.57. The Hall–Kier alpha value is -3.12. The number of aromatic nitrogens is 4. The molecular weight excluding hydrogens is 734 g/mol. The molecule has 1 aliphatic heterocycles. The van der Waals surface area contributed by atoms with E-state index in [1.807, 2.05) is 54.6 Å². The van der Waals surface area contributed by atoms with Gasteiger partial charge in [0.2, 0.25) is 11.8 Å². The third kappa shape index (κ3) is 6.93. The number of imidazole rings is 1. The second-order valence-corrected chi connectivity index (χ2v) is 14.1. The van der Waals surface area contributed by atoms with Crippen LogP contribution in [0.4, 0.5) is 5.95 Å². The van der Waals surface area contributed by atoms with Crippen LogP contribution >= 0.6 is 30.3 Å². The molecule has 4 aromatic rings. The molecule has 248 valence electrons. The van der Waals surface area contributed by atoms with E-state index < -0.39 is 50.4 Å². The molecule has 5 N–H and O–H groups in total. The molecule has 5 rings (SSSR count). The molecule has 15 nitrogen and oxygen atoms in total. The van der Waals surface area contributed by atoms with Gasteiger partial charge in [0.1, 0.15) is 29.6 Å². The van der Waals surface area contributed by atoms with Crippen molar-refractivity contribution in [1.82, 2.24) is 24.6 Å². The van der Waals surface area contributed by atoms with Gasteiger partial charge in [-0.1, -0.05) is 50.2 Å². The van der Waals surface area contributed by atoms with Crippen molar-refractivity contribution in [3.05, 3.63) is 46.3 Å². The number of methoxy groups -OCH3 is 1. The van der Waals surface area contributed by atoms with Crippen LogP contribution in [0.3, 0.4) is 0 Å². The zero-order valence-corrected chi connectivity index (χ0v) is 28.8. The van der Waals surface area contributed by atoms with Crippen LogP contribution in [0.25, 0.3) is 21.9 Å². The van der Waals surface area contributed by atoms with Crippen LogP contribution in [0, 0.1) is 9.75 Å². The highest BCUT2D eigenvalue weighted by Crippen LogP contribution is 2.49. The van der Waals surface area contributed by atoms with E-state index in [-0.39, 0.29) is 41.3 Å². The minimum Gasteiger partial charge on any atom is -0.479 e. The fraction of sp³-hybridized carbons (Fsp3) is 0.448. The average molecular weight is 771 g/mol. The quantitative estimate of drug-likeness (QED) is 0.0705. The van der Waals surface area contributed by atoms with Crippen molar-refractivity contribution in [3.63, 3.8) is 0 Å². The molecule has 1 unspecified atom stereocenters. The summed E-state index contributed by atoms with van der Waals surface area (Å²) in [7, 11) is -2.96. The van der Waals surface area contributed by atoms with Crippen molar-refractivity contribution in [2.75, 3.05) is 26.1 Å².